The second kappa shape index (κ2) is 6.89. The first-order chi connectivity index (χ1) is 9.61. The average Bonchev–Trinajstić information content (AvgIpc) is 2.75. The minimum absolute atomic E-state index is 0.548. The van der Waals surface area contributed by atoms with Gasteiger partial charge in [-0.25, -0.2) is 4.98 Å². The van der Waals surface area contributed by atoms with Crippen LogP contribution in [0.15, 0.2) is 24.3 Å². The van der Waals surface area contributed by atoms with Gasteiger partial charge in [0.2, 0.25) is 0 Å². The summed E-state index contributed by atoms with van der Waals surface area (Å²) in [6, 6.07) is 9.02. The van der Waals surface area contributed by atoms with Crippen molar-refractivity contribution in [3.05, 3.63) is 30.1 Å². The van der Waals surface area contributed by atoms with Crippen LogP contribution in [0.1, 0.15) is 39.9 Å². The van der Waals surface area contributed by atoms with Gasteiger partial charge in [-0.05, 0) is 31.0 Å². The van der Waals surface area contributed by atoms with Crippen molar-refractivity contribution in [2.24, 2.45) is 5.92 Å². The summed E-state index contributed by atoms with van der Waals surface area (Å²) >= 11 is 0. The molecular formula is C17H27N3. The van der Waals surface area contributed by atoms with Crippen LogP contribution < -0.4 is 5.32 Å². The van der Waals surface area contributed by atoms with Crippen LogP contribution in [0.3, 0.4) is 0 Å². The molecule has 0 spiro atoms. The average molecular weight is 273 g/mol. The standard InChI is InChI=1S/C17H27N3/c1-5-8-17-19-15-9-6-7-10-16(15)20(17)12-14(4)11-18-13(2)3/h6-7,9-10,13-14,18H,5,8,11-12H2,1-4H3. The van der Waals surface area contributed by atoms with Crippen LogP contribution in [0.5, 0.6) is 0 Å². The minimum Gasteiger partial charge on any atom is -0.328 e. The first-order valence-electron chi connectivity index (χ1n) is 7.79. The Bertz CT molecular complexity index is 542. The van der Waals surface area contributed by atoms with Crippen molar-refractivity contribution in [3.8, 4) is 0 Å². The molecule has 0 fully saturated rings. The zero-order valence-electron chi connectivity index (χ0n) is 13.2. The lowest BCUT2D eigenvalue weighted by Gasteiger charge is -2.17. The maximum absolute atomic E-state index is 4.79. The van der Waals surface area contributed by atoms with Gasteiger partial charge in [0.1, 0.15) is 5.82 Å². The maximum Gasteiger partial charge on any atom is 0.109 e. The van der Waals surface area contributed by atoms with E-state index in [2.05, 4.69) is 61.8 Å². The van der Waals surface area contributed by atoms with Crippen LogP contribution in [-0.4, -0.2) is 22.1 Å². The second-order valence-corrected chi connectivity index (χ2v) is 6.05. The van der Waals surface area contributed by atoms with Gasteiger partial charge in [-0.15, -0.1) is 0 Å². The molecule has 0 aliphatic heterocycles. The molecule has 0 amide bonds. The fourth-order valence-electron chi connectivity index (χ4n) is 2.56. The Morgan fingerprint density at radius 1 is 1.20 bits per heavy atom. The molecule has 0 bridgehead atoms. The van der Waals surface area contributed by atoms with Crippen molar-refractivity contribution in [3.63, 3.8) is 0 Å². The summed E-state index contributed by atoms with van der Waals surface area (Å²) in [6.45, 7) is 11.0. The van der Waals surface area contributed by atoms with Gasteiger partial charge in [0.05, 0.1) is 11.0 Å². The summed E-state index contributed by atoms with van der Waals surface area (Å²) in [7, 11) is 0. The summed E-state index contributed by atoms with van der Waals surface area (Å²) in [5, 5.41) is 3.52. The Hall–Kier alpha value is -1.35. The molecule has 1 aromatic heterocycles. The van der Waals surface area contributed by atoms with E-state index in [-0.39, 0.29) is 0 Å². The number of fused-ring (bicyclic) bond motifs is 1. The first kappa shape index (κ1) is 15.0. The molecule has 0 aliphatic carbocycles. The molecule has 1 N–H and O–H groups in total. The third-order valence-electron chi connectivity index (χ3n) is 3.58. The van der Waals surface area contributed by atoms with Crippen molar-refractivity contribution >= 4 is 11.0 Å². The Morgan fingerprint density at radius 2 is 1.95 bits per heavy atom. The second-order valence-electron chi connectivity index (χ2n) is 6.05. The lowest BCUT2D eigenvalue weighted by atomic mass is 10.1. The fraction of sp³-hybridized carbons (Fsp3) is 0.588. The van der Waals surface area contributed by atoms with E-state index in [1.807, 2.05) is 0 Å². The molecule has 20 heavy (non-hydrogen) atoms. The van der Waals surface area contributed by atoms with Crippen molar-refractivity contribution < 1.29 is 0 Å². The highest BCUT2D eigenvalue weighted by atomic mass is 15.1. The van der Waals surface area contributed by atoms with Gasteiger partial charge in [0.15, 0.2) is 0 Å². The number of aromatic nitrogens is 2. The smallest absolute Gasteiger partial charge is 0.109 e. The molecule has 110 valence electrons. The molecule has 0 saturated carbocycles. The van der Waals surface area contributed by atoms with Gasteiger partial charge in [0, 0.05) is 19.0 Å². The van der Waals surface area contributed by atoms with E-state index >= 15 is 0 Å². The van der Waals surface area contributed by atoms with Gasteiger partial charge in [-0.3, -0.25) is 0 Å². The number of hydrogen-bond donors (Lipinski definition) is 1. The van der Waals surface area contributed by atoms with E-state index in [4.69, 9.17) is 4.98 Å². The third-order valence-corrected chi connectivity index (χ3v) is 3.58. The number of para-hydroxylation sites is 2. The van der Waals surface area contributed by atoms with Gasteiger partial charge >= 0.3 is 0 Å². The number of hydrogen-bond acceptors (Lipinski definition) is 2. The first-order valence-corrected chi connectivity index (χ1v) is 7.79. The van der Waals surface area contributed by atoms with E-state index in [9.17, 15) is 0 Å². The van der Waals surface area contributed by atoms with Crippen molar-refractivity contribution in [1.29, 1.82) is 0 Å². The van der Waals surface area contributed by atoms with E-state index in [0.717, 1.165) is 31.4 Å². The minimum atomic E-state index is 0.548. The summed E-state index contributed by atoms with van der Waals surface area (Å²) in [4.78, 5) is 4.79. The zero-order chi connectivity index (χ0) is 14.5. The molecule has 1 atom stereocenters. The highest BCUT2D eigenvalue weighted by Crippen LogP contribution is 2.18. The Kier molecular flexibility index (Phi) is 5.18. The van der Waals surface area contributed by atoms with Crippen LogP contribution in [0.25, 0.3) is 11.0 Å². The molecule has 1 aromatic carbocycles. The molecule has 2 rings (SSSR count). The lowest BCUT2D eigenvalue weighted by molar-refractivity contribution is 0.423. The fourth-order valence-corrected chi connectivity index (χ4v) is 2.56. The van der Waals surface area contributed by atoms with Gasteiger partial charge < -0.3 is 9.88 Å². The van der Waals surface area contributed by atoms with E-state index in [1.165, 1.54) is 11.3 Å². The number of nitrogens with zero attached hydrogens (tertiary/aromatic N) is 2. The zero-order valence-corrected chi connectivity index (χ0v) is 13.2. The number of aryl methyl sites for hydroxylation is 1. The van der Waals surface area contributed by atoms with Gasteiger partial charge in [0.25, 0.3) is 0 Å². The topological polar surface area (TPSA) is 29.9 Å². The molecule has 3 nitrogen and oxygen atoms in total. The highest BCUT2D eigenvalue weighted by molar-refractivity contribution is 5.75. The molecule has 0 radical (unpaired) electrons. The van der Waals surface area contributed by atoms with Crippen LogP contribution in [0.4, 0.5) is 0 Å². The quantitative estimate of drug-likeness (QED) is 0.835. The number of rotatable bonds is 7. The molecule has 1 heterocycles. The summed E-state index contributed by atoms with van der Waals surface area (Å²) in [6.07, 6.45) is 2.20. The monoisotopic (exact) mass is 273 g/mol. The highest BCUT2D eigenvalue weighted by Gasteiger charge is 2.12. The summed E-state index contributed by atoms with van der Waals surface area (Å²) < 4.78 is 2.41. The Morgan fingerprint density at radius 3 is 2.65 bits per heavy atom. The third kappa shape index (κ3) is 3.60. The SMILES string of the molecule is CCCc1nc2ccccc2n1CC(C)CNC(C)C. The normalized spacial score (nSPS) is 13.2. The molecule has 3 heteroatoms. The van der Waals surface area contributed by atoms with Crippen LogP contribution >= 0.6 is 0 Å². The van der Waals surface area contributed by atoms with Gasteiger partial charge in [-0.1, -0.05) is 39.8 Å². The molecule has 2 aromatic rings. The van der Waals surface area contributed by atoms with Crippen molar-refractivity contribution in [2.75, 3.05) is 6.54 Å². The van der Waals surface area contributed by atoms with E-state index in [0.29, 0.717) is 12.0 Å². The molecule has 1 unspecified atom stereocenters. The van der Waals surface area contributed by atoms with Crippen LogP contribution in [0, 0.1) is 5.92 Å². The van der Waals surface area contributed by atoms with Gasteiger partial charge in [-0.2, -0.15) is 0 Å². The van der Waals surface area contributed by atoms with Crippen molar-refractivity contribution in [2.45, 2.75) is 53.1 Å². The van der Waals surface area contributed by atoms with Crippen LogP contribution in [0.2, 0.25) is 0 Å². The largest absolute Gasteiger partial charge is 0.328 e. The predicted octanol–water partition coefficient (Wildman–Crippen LogP) is 3.62. The molecule has 0 aliphatic rings. The summed E-state index contributed by atoms with van der Waals surface area (Å²) in [5.41, 5.74) is 2.40. The number of imidazole rings is 1. The van der Waals surface area contributed by atoms with E-state index in [1.54, 1.807) is 0 Å². The molecule has 0 saturated heterocycles. The van der Waals surface area contributed by atoms with Crippen LogP contribution in [-0.2, 0) is 13.0 Å². The Balaban J connectivity index is 2.20. The Labute approximate surface area is 122 Å². The number of nitrogens with one attached hydrogen (secondary N) is 1. The maximum atomic E-state index is 4.79. The lowest BCUT2D eigenvalue weighted by Crippen LogP contribution is -2.29. The number of benzene rings is 1. The van der Waals surface area contributed by atoms with E-state index < -0.39 is 0 Å². The molecular weight excluding hydrogens is 246 g/mol. The summed E-state index contributed by atoms with van der Waals surface area (Å²) in [5.74, 6) is 1.83. The predicted molar refractivity (Wildman–Crippen MR) is 86.0 cm³/mol. The van der Waals surface area contributed by atoms with Crippen molar-refractivity contribution in [1.82, 2.24) is 14.9 Å².